The largest absolute Gasteiger partial charge is 0.505 e. The highest BCUT2D eigenvalue weighted by atomic mass is 19.1. The second-order valence-electron chi connectivity index (χ2n) is 7.99. The second-order valence-corrected chi connectivity index (χ2v) is 7.99. The summed E-state index contributed by atoms with van der Waals surface area (Å²) in [4.78, 5) is 21.4. The molecule has 1 amide bonds. The van der Waals surface area contributed by atoms with Gasteiger partial charge in [0.05, 0.1) is 6.04 Å². The third-order valence-corrected chi connectivity index (χ3v) is 6.56. The van der Waals surface area contributed by atoms with Crippen LogP contribution < -0.4 is 0 Å². The van der Waals surface area contributed by atoms with E-state index in [2.05, 4.69) is 9.88 Å². The Bertz CT molecular complexity index is 909. The molecule has 28 heavy (non-hydrogen) atoms. The van der Waals surface area contributed by atoms with E-state index >= 15 is 0 Å². The van der Waals surface area contributed by atoms with Crippen molar-refractivity contribution in [1.82, 2.24) is 14.8 Å². The number of aromatic hydroxyl groups is 1. The van der Waals surface area contributed by atoms with Gasteiger partial charge in [-0.15, -0.1) is 0 Å². The van der Waals surface area contributed by atoms with Crippen molar-refractivity contribution >= 4 is 5.91 Å². The molecule has 7 heteroatoms. The van der Waals surface area contributed by atoms with Crippen molar-refractivity contribution in [2.45, 2.75) is 30.8 Å². The predicted octanol–water partition coefficient (Wildman–Crippen LogP) is 2.77. The Hall–Kier alpha value is -2.54. The van der Waals surface area contributed by atoms with Crippen LogP contribution in [-0.2, 0) is 0 Å². The Balaban J connectivity index is 1.56. The zero-order valence-electron chi connectivity index (χ0n) is 15.3. The van der Waals surface area contributed by atoms with Gasteiger partial charge in [-0.25, -0.2) is 13.8 Å². The molecule has 5 heterocycles. The van der Waals surface area contributed by atoms with E-state index in [0.717, 1.165) is 32.0 Å². The molecule has 5 nitrogen and oxygen atoms in total. The van der Waals surface area contributed by atoms with E-state index in [0.29, 0.717) is 18.0 Å². The summed E-state index contributed by atoms with van der Waals surface area (Å²) >= 11 is 0. The zero-order valence-corrected chi connectivity index (χ0v) is 15.3. The number of carbonyl (C=O) groups excluding carboxylic acids is 1. The van der Waals surface area contributed by atoms with E-state index < -0.39 is 11.6 Å². The number of aromatic nitrogens is 1. The number of likely N-dealkylation sites (tertiary alicyclic amines) is 1. The van der Waals surface area contributed by atoms with Crippen molar-refractivity contribution < 1.29 is 18.7 Å². The van der Waals surface area contributed by atoms with Crippen LogP contribution in [0.1, 0.15) is 34.8 Å². The fraction of sp³-hybridized carbons (Fsp3) is 0.429. The lowest BCUT2D eigenvalue weighted by Crippen LogP contribution is -2.60. The molecule has 0 radical (unpaired) electrons. The number of fused-ring (bicyclic) bond motifs is 2. The number of carbonyl (C=O) groups is 1. The first-order chi connectivity index (χ1) is 13.5. The number of benzene rings is 1. The normalized spacial score (nSPS) is 31.1. The molecule has 0 unspecified atom stereocenters. The Kier molecular flexibility index (Phi) is 4.08. The first-order valence-corrected chi connectivity index (χ1v) is 9.68. The average Bonchev–Trinajstić information content (AvgIpc) is 3.11. The summed E-state index contributed by atoms with van der Waals surface area (Å²) in [5.74, 6) is -1.49. The van der Waals surface area contributed by atoms with Crippen LogP contribution in [0.2, 0.25) is 0 Å². The smallest absolute Gasteiger partial charge is 0.276 e. The molecule has 4 saturated heterocycles. The van der Waals surface area contributed by atoms with Crippen molar-refractivity contribution in [3.63, 3.8) is 0 Å². The molecule has 4 aliphatic rings. The molecule has 1 aromatic carbocycles. The van der Waals surface area contributed by atoms with Crippen LogP contribution in [0, 0.1) is 17.6 Å². The van der Waals surface area contributed by atoms with Gasteiger partial charge in [0, 0.05) is 30.8 Å². The van der Waals surface area contributed by atoms with Crippen molar-refractivity contribution in [2.75, 3.05) is 19.6 Å². The van der Waals surface area contributed by atoms with E-state index in [9.17, 15) is 18.7 Å². The van der Waals surface area contributed by atoms with E-state index in [1.165, 1.54) is 24.4 Å². The van der Waals surface area contributed by atoms with E-state index in [1.54, 1.807) is 11.0 Å². The summed E-state index contributed by atoms with van der Waals surface area (Å²) < 4.78 is 27.8. The molecule has 6 rings (SSSR count). The van der Waals surface area contributed by atoms with Gasteiger partial charge >= 0.3 is 0 Å². The van der Waals surface area contributed by atoms with Gasteiger partial charge in [-0.1, -0.05) is 0 Å². The maximum absolute atomic E-state index is 13.9. The second kappa shape index (κ2) is 6.51. The van der Waals surface area contributed by atoms with Gasteiger partial charge in [0.1, 0.15) is 17.4 Å². The molecule has 146 valence electrons. The van der Waals surface area contributed by atoms with E-state index in [1.807, 2.05) is 0 Å². The topological polar surface area (TPSA) is 56.7 Å². The fourth-order valence-electron chi connectivity index (χ4n) is 5.43. The molecular weight excluding hydrogens is 364 g/mol. The minimum atomic E-state index is -0.602. The van der Waals surface area contributed by atoms with Crippen LogP contribution in [0.15, 0.2) is 36.5 Å². The van der Waals surface area contributed by atoms with Crippen molar-refractivity contribution in [3.05, 3.63) is 59.4 Å². The molecule has 3 atom stereocenters. The summed E-state index contributed by atoms with van der Waals surface area (Å²) in [6.07, 6.45) is 3.49. The summed E-state index contributed by atoms with van der Waals surface area (Å²) in [6, 6.07) is 6.64. The van der Waals surface area contributed by atoms with Crippen molar-refractivity contribution in [1.29, 1.82) is 0 Å². The Labute approximate surface area is 161 Å². The maximum atomic E-state index is 13.9. The summed E-state index contributed by atoms with van der Waals surface area (Å²) in [5.41, 5.74) is 0.615. The monoisotopic (exact) mass is 385 g/mol. The molecule has 2 aromatic rings. The lowest BCUT2D eigenvalue weighted by Gasteiger charge is -2.51. The molecule has 1 N–H and O–H groups in total. The number of hydrogen-bond donors (Lipinski definition) is 1. The highest BCUT2D eigenvalue weighted by molar-refractivity contribution is 5.95. The van der Waals surface area contributed by atoms with Crippen LogP contribution in [-0.4, -0.2) is 57.5 Å². The third-order valence-electron chi connectivity index (χ3n) is 6.56. The molecule has 0 spiro atoms. The number of halogens is 2. The number of nitrogens with zero attached hydrogens (tertiary/aromatic N) is 3. The minimum absolute atomic E-state index is 0.0310. The zero-order chi connectivity index (χ0) is 19.4. The Morgan fingerprint density at radius 3 is 2.50 bits per heavy atom. The first-order valence-electron chi connectivity index (χ1n) is 9.68. The van der Waals surface area contributed by atoms with Gasteiger partial charge in [-0.05, 0) is 61.7 Å². The fourth-order valence-corrected chi connectivity index (χ4v) is 5.43. The average molecular weight is 385 g/mol. The standard InChI is InChI=1S/C21H21F2N3O2/c22-14-8-13(9-15(23)10-14)16-11-26(21(28)18-17(27)2-1-5-24-18)19-12-3-6-25(7-4-12)20(16)19/h1-2,5,8-10,12,16,19-20,27H,3-4,6-7,11H2/t16-,19+,20+/m0/s1. The minimum Gasteiger partial charge on any atom is -0.505 e. The van der Waals surface area contributed by atoms with Gasteiger partial charge in [0.2, 0.25) is 0 Å². The van der Waals surface area contributed by atoms with Crippen LogP contribution in [0.5, 0.6) is 5.75 Å². The lowest BCUT2D eigenvalue weighted by molar-refractivity contribution is -0.00369. The molecular formula is C21H21F2N3O2. The Morgan fingerprint density at radius 2 is 1.82 bits per heavy atom. The van der Waals surface area contributed by atoms with E-state index in [-0.39, 0.29) is 35.4 Å². The Morgan fingerprint density at radius 1 is 1.11 bits per heavy atom. The van der Waals surface area contributed by atoms with Gasteiger partial charge in [0.25, 0.3) is 5.91 Å². The first kappa shape index (κ1) is 17.6. The quantitative estimate of drug-likeness (QED) is 0.864. The maximum Gasteiger partial charge on any atom is 0.276 e. The number of pyridine rings is 1. The molecule has 0 aliphatic carbocycles. The molecule has 0 saturated carbocycles. The van der Waals surface area contributed by atoms with Crippen molar-refractivity contribution in [3.8, 4) is 5.75 Å². The van der Waals surface area contributed by atoms with Crippen LogP contribution in [0.4, 0.5) is 8.78 Å². The van der Waals surface area contributed by atoms with Crippen LogP contribution in [0.25, 0.3) is 0 Å². The number of piperidine rings is 3. The molecule has 4 aliphatic heterocycles. The molecule has 2 bridgehead atoms. The summed E-state index contributed by atoms with van der Waals surface area (Å²) in [7, 11) is 0. The van der Waals surface area contributed by atoms with Gasteiger partial charge in [-0.3, -0.25) is 9.69 Å². The lowest BCUT2D eigenvalue weighted by atomic mass is 9.75. The molecule has 4 fully saturated rings. The SMILES string of the molecule is O=C(c1ncccc1O)N1C[C@@H](c2cc(F)cc(F)c2)[C@@H]2[C@H]1C1CCN2CC1. The third kappa shape index (κ3) is 2.68. The highest BCUT2D eigenvalue weighted by Gasteiger charge is 2.55. The van der Waals surface area contributed by atoms with Crippen LogP contribution >= 0.6 is 0 Å². The van der Waals surface area contributed by atoms with E-state index in [4.69, 9.17) is 0 Å². The summed E-state index contributed by atoms with van der Waals surface area (Å²) in [5, 5.41) is 10.1. The van der Waals surface area contributed by atoms with Crippen molar-refractivity contribution in [2.24, 2.45) is 5.92 Å². The van der Waals surface area contributed by atoms with Gasteiger partial charge < -0.3 is 10.0 Å². The van der Waals surface area contributed by atoms with Gasteiger partial charge in [-0.2, -0.15) is 0 Å². The molecule has 1 aromatic heterocycles. The van der Waals surface area contributed by atoms with Gasteiger partial charge in [0.15, 0.2) is 5.69 Å². The predicted molar refractivity (Wildman–Crippen MR) is 97.9 cm³/mol. The number of amides is 1. The number of rotatable bonds is 2. The summed E-state index contributed by atoms with van der Waals surface area (Å²) in [6.45, 7) is 2.24. The number of hydrogen-bond acceptors (Lipinski definition) is 4. The highest BCUT2D eigenvalue weighted by Crippen LogP contribution is 2.47. The van der Waals surface area contributed by atoms with Crippen LogP contribution in [0.3, 0.4) is 0 Å².